The molecule has 1 fully saturated rings. The number of hydrogen-bond donors (Lipinski definition) is 2. The summed E-state index contributed by atoms with van der Waals surface area (Å²) in [4.78, 5) is 33.0. The smallest absolute Gasteiger partial charge is 0.255 e. The molecule has 0 saturated carbocycles. The molecule has 212 valence electrons. The van der Waals surface area contributed by atoms with E-state index >= 15 is 0 Å². The van der Waals surface area contributed by atoms with Gasteiger partial charge in [0.2, 0.25) is 5.95 Å². The predicted octanol–water partition coefficient (Wildman–Crippen LogP) is 5.63. The fourth-order valence-corrected chi connectivity index (χ4v) is 4.20. The van der Waals surface area contributed by atoms with Crippen LogP contribution >= 0.6 is 0 Å². The zero-order valence-electron chi connectivity index (χ0n) is 24.2. The third-order valence-electron chi connectivity index (χ3n) is 7.37. The van der Waals surface area contributed by atoms with E-state index in [9.17, 15) is 10.1 Å². The molecule has 0 atom stereocenters. The molecule has 2 N–H and O–H groups in total. The number of aromatic nitrogens is 4. The number of hydrogen-bond acceptors (Lipinski definition) is 9. The first-order chi connectivity index (χ1) is 19.6. The number of carbonyl (C=O) groups is 1. The van der Waals surface area contributed by atoms with Crippen molar-refractivity contribution in [3.8, 4) is 6.07 Å². The average Bonchev–Trinajstić information content (AvgIpc) is 2.98. The highest BCUT2D eigenvalue weighted by molar-refractivity contribution is 6.05. The van der Waals surface area contributed by atoms with Crippen LogP contribution in [0.25, 0.3) is 11.0 Å². The topological polar surface area (TPSA) is 129 Å². The number of nitriles is 1. The van der Waals surface area contributed by atoms with Crippen molar-refractivity contribution in [3.63, 3.8) is 0 Å². The average molecular weight is 553 g/mol. The molecule has 3 heterocycles. The Bertz CT molecular complexity index is 1550. The number of amides is 1. The fraction of sp³-hybridized carbons (Fsp3) is 0.355. The Kier molecular flexibility index (Phi) is 9.10. The van der Waals surface area contributed by atoms with Gasteiger partial charge >= 0.3 is 0 Å². The molecule has 2 aromatic heterocycles. The zero-order valence-corrected chi connectivity index (χ0v) is 24.2. The van der Waals surface area contributed by atoms with Gasteiger partial charge in [0, 0.05) is 43.3 Å². The summed E-state index contributed by atoms with van der Waals surface area (Å²) in [5.41, 5.74) is 4.15. The predicted molar refractivity (Wildman–Crippen MR) is 162 cm³/mol. The molecule has 0 radical (unpaired) electrons. The first-order valence-corrected chi connectivity index (χ1v) is 13.5. The molecule has 1 saturated heterocycles. The lowest BCUT2D eigenvalue weighted by Crippen LogP contribution is -2.37. The Labute approximate surface area is 240 Å². The summed E-state index contributed by atoms with van der Waals surface area (Å²) in [6.45, 7) is 12.9. The minimum Gasteiger partial charge on any atom is -0.381 e. The lowest BCUT2D eigenvalue weighted by molar-refractivity contribution is -0.112. The molecule has 1 aromatic carbocycles. The fourth-order valence-electron chi connectivity index (χ4n) is 4.20. The van der Waals surface area contributed by atoms with Gasteiger partial charge in [-0.2, -0.15) is 5.26 Å². The van der Waals surface area contributed by atoms with E-state index in [1.165, 1.54) is 6.33 Å². The highest BCUT2D eigenvalue weighted by Gasteiger charge is 2.22. The molecule has 4 rings (SSSR count). The third-order valence-corrected chi connectivity index (χ3v) is 7.37. The normalized spacial score (nSPS) is 14.6. The molecule has 10 heteroatoms. The van der Waals surface area contributed by atoms with Gasteiger partial charge in [0.15, 0.2) is 5.82 Å². The maximum Gasteiger partial charge on any atom is 0.255 e. The number of rotatable bonds is 9. The van der Waals surface area contributed by atoms with Crippen molar-refractivity contribution >= 4 is 40.1 Å². The van der Waals surface area contributed by atoms with Crippen LogP contribution in [0.2, 0.25) is 0 Å². The van der Waals surface area contributed by atoms with Gasteiger partial charge in [-0.25, -0.2) is 19.9 Å². The Hall–Kier alpha value is -4.62. The summed E-state index contributed by atoms with van der Waals surface area (Å²) in [5.74, 6) is 0.816. The number of ether oxygens (including phenoxy) is 1. The monoisotopic (exact) mass is 552 g/mol. The van der Waals surface area contributed by atoms with Crippen LogP contribution in [0, 0.1) is 23.7 Å². The van der Waals surface area contributed by atoms with Crippen LogP contribution in [0.5, 0.6) is 0 Å². The molecule has 0 spiro atoms. The summed E-state index contributed by atoms with van der Waals surface area (Å²) in [6, 6.07) is 8.15. The first-order valence-electron chi connectivity index (χ1n) is 13.5. The molecular formula is C31H36N8O2. The van der Waals surface area contributed by atoms with Gasteiger partial charge in [0.1, 0.15) is 17.4 Å². The number of allylic oxidation sites excluding steroid dienone is 3. The van der Waals surface area contributed by atoms with Crippen LogP contribution < -0.4 is 15.5 Å². The van der Waals surface area contributed by atoms with Gasteiger partial charge in [-0.05, 0) is 58.2 Å². The Morgan fingerprint density at radius 2 is 2.00 bits per heavy atom. The Morgan fingerprint density at radius 3 is 2.73 bits per heavy atom. The van der Waals surface area contributed by atoms with E-state index in [-0.39, 0.29) is 5.91 Å². The van der Waals surface area contributed by atoms with Gasteiger partial charge in [-0.1, -0.05) is 36.4 Å². The standard InChI is InChI=1S/C31H36N8O2/c1-20-10-11-23(36-29(40)21(2)8-7-9-22(3)31(4,5)18-32)16-25(20)37-28-27-26(34-19-35-28)17-33-30(38-27)39(6)24-12-14-41-15-13-24/h7-11,16-17,19,24H,2,12-15H2,1,3-6H3,(H,36,40)(H,34,35,37)/b8-7-,22-9+. The van der Waals surface area contributed by atoms with Crippen molar-refractivity contribution in [1.82, 2.24) is 19.9 Å². The Balaban J connectivity index is 1.51. The molecule has 0 aliphatic carbocycles. The van der Waals surface area contributed by atoms with Crippen molar-refractivity contribution in [2.45, 2.75) is 46.6 Å². The van der Waals surface area contributed by atoms with E-state index in [1.807, 2.05) is 59.0 Å². The van der Waals surface area contributed by atoms with E-state index in [0.717, 1.165) is 42.9 Å². The summed E-state index contributed by atoms with van der Waals surface area (Å²) in [7, 11) is 2.00. The van der Waals surface area contributed by atoms with Crippen molar-refractivity contribution in [2.24, 2.45) is 5.41 Å². The van der Waals surface area contributed by atoms with E-state index in [4.69, 9.17) is 9.72 Å². The summed E-state index contributed by atoms with van der Waals surface area (Å²) < 4.78 is 5.50. The second kappa shape index (κ2) is 12.7. The molecule has 41 heavy (non-hydrogen) atoms. The van der Waals surface area contributed by atoms with Crippen LogP contribution in [0.4, 0.5) is 23.1 Å². The molecule has 1 aliphatic rings. The van der Waals surface area contributed by atoms with Crippen LogP contribution in [0.1, 0.15) is 39.2 Å². The first kappa shape index (κ1) is 29.4. The van der Waals surface area contributed by atoms with Gasteiger partial charge in [-0.3, -0.25) is 4.79 Å². The maximum atomic E-state index is 12.8. The largest absolute Gasteiger partial charge is 0.381 e. The van der Waals surface area contributed by atoms with E-state index < -0.39 is 5.41 Å². The zero-order chi connectivity index (χ0) is 29.6. The molecule has 10 nitrogen and oxygen atoms in total. The number of nitrogens with one attached hydrogen (secondary N) is 2. The Morgan fingerprint density at radius 1 is 1.24 bits per heavy atom. The van der Waals surface area contributed by atoms with Crippen LogP contribution in [-0.4, -0.2) is 52.1 Å². The van der Waals surface area contributed by atoms with Crippen molar-refractivity contribution < 1.29 is 9.53 Å². The number of nitrogens with zero attached hydrogens (tertiary/aromatic N) is 6. The number of fused-ring (bicyclic) bond motifs is 1. The highest BCUT2D eigenvalue weighted by Crippen LogP contribution is 2.28. The summed E-state index contributed by atoms with van der Waals surface area (Å²) >= 11 is 0. The number of benzene rings is 1. The molecule has 0 bridgehead atoms. The minimum absolute atomic E-state index is 0.290. The van der Waals surface area contributed by atoms with E-state index in [0.29, 0.717) is 40.1 Å². The van der Waals surface area contributed by atoms with Gasteiger partial charge in [0.05, 0.1) is 17.7 Å². The quantitative estimate of drug-likeness (QED) is 0.256. The second-order valence-corrected chi connectivity index (χ2v) is 10.7. The molecule has 0 unspecified atom stereocenters. The van der Waals surface area contributed by atoms with Gasteiger partial charge < -0.3 is 20.3 Å². The van der Waals surface area contributed by atoms with Crippen LogP contribution in [0.15, 0.2) is 66.7 Å². The number of anilines is 4. The minimum atomic E-state index is -0.581. The molecule has 1 amide bonds. The number of aryl methyl sites for hydroxylation is 1. The van der Waals surface area contributed by atoms with Crippen molar-refractivity contribution in [2.75, 3.05) is 35.8 Å². The third kappa shape index (κ3) is 7.13. The number of carbonyl (C=O) groups excluding carboxylic acids is 1. The SMILES string of the molecule is C=C(/C=C\C=C(/C)C(C)(C)C#N)C(=O)Nc1ccc(C)c(Nc2ncnc3cnc(N(C)C4CCOCC4)nc23)c1. The maximum absolute atomic E-state index is 12.8. The summed E-state index contributed by atoms with van der Waals surface area (Å²) in [6.07, 6.45) is 10.2. The van der Waals surface area contributed by atoms with Crippen molar-refractivity contribution in [3.05, 3.63) is 72.2 Å². The van der Waals surface area contributed by atoms with Gasteiger partial charge in [-0.15, -0.1) is 0 Å². The highest BCUT2D eigenvalue weighted by atomic mass is 16.5. The lowest BCUT2D eigenvalue weighted by atomic mass is 9.87. The van der Waals surface area contributed by atoms with E-state index in [2.05, 4.69) is 43.1 Å². The molecular weight excluding hydrogens is 516 g/mol. The lowest BCUT2D eigenvalue weighted by Gasteiger charge is -2.31. The molecule has 3 aromatic rings. The van der Waals surface area contributed by atoms with E-state index in [1.54, 1.807) is 18.3 Å². The summed E-state index contributed by atoms with van der Waals surface area (Å²) in [5, 5.41) is 15.5. The molecule has 1 aliphatic heterocycles. The van der Waals surface area contributed by atoms with Crippen molar-refractivity contribution in [1.29, 1.82) is 5.26 Å². The van der Waals surface area contributed by atoms with Crippen LogP contribution in [-0.2, 0) is 9.53 Å². The second-order valence-electron chi connectivity index (χ2n) is 10.7. The van der Waals surface area contributed by atoms with Gasteiger partial charge in [0.25, 0.3) is 5.91 Å². The van der Waals surface area contributed by atoms with Crippen LogP contribution in [0.3, 0.4) is 0 Å².